The van der Waals surface area contributed by atoms with Gasteiger partial charge in [0.15, 0.2) is 5.82 Å². The number of hydrogen-bond acceptors (Lipinski definition) is 3. The Labute approximate surface area is 314 Å². The molecule has 1 aliphatic heterocycles. The van der Waals surface area contributed by atoms with Gasteiger partial charge >= 0.3 is 0 Å². The zero-order valence-corrected chi connectivity index (χ0v) is 29.4. The Bertz CT molecular complexity index is 2850. The molecule has 2 heterocycles. The highest BCUT2D eigenvalue weighted by atomic mass is 15.2. The van der Waals surface area contributed by atoms with Crippen LogP contribution in [0.2, 0.25) is 0 Å². The summed E-state index contributed by atoms with van der Waals surface area (Å²) in [5.74, 6) is 0.728. The Morgan fingerprint density at radius 3 is 1.72 bits per heavy atom. The van der Waals surface area contributed by atoms with Gasteiger partial charge in [-0.15, -0.1) is 0 Å². The van der Waals surface area contributed by atoms with E-state index in [9.17, 15) is 0 Å². The van der Waals surface area contributed by atoms with Crippen molar-refractivity contribution in [3.05, 3.63) is 222 Å². The molecular formula is C51H33N3. The molecule has 1 spiro atoms. The van der Waals surface area contributed by atoms with Crippen LogP contribution >= 0.6 is 0 Å². The van der Waals surface area contributed by atoms with Crippen molar-refractivity contribution in [2.24, 2.45) is 0 Å². The fraction of sp³-hybridized carbons (Fsp3) is 0.0196. The lowest BCUT2D eigenvalue weighted by Crippen LogP contribution is -2.36. The average Bonchev–Trinajstić information content (AvgIpc) is 3.54. The Balaban J connectivity index is 1.13. The maximum Gasteiger partial charge on any atom is 0.160 e. The molecule has 252 valence electrons. The molecule has 0 atom stereocenters. The summed E-state index contributed by atoms with van der Waals surface area (Å²) in [6, 6.07) is 72.2. The fourth-order valence-electron chi connectivity index (χ4n) is 9.00. The molecule has 0 amide bonds. The third-order valence-electron chi connectivity index (χ3n) is 11.3. The topological polar surface area (TPSA) is 29.0 Å². The number of benzene rings is 8. The lowest BCUT2D eigenvalue weighted by Gasteiger charge is -2.45. The summed E-state index contributed by atoms with van der Waals surface area (Å²) in [5.41, 5.74) is 17.0. The van der Waals surface area contributed by atoms with E-state index in [2.05, 4.69) is 181 Å². The van der Waals surface area contributed by atoms with Gasteiger partial charge in [0, 0.05) is 22.2 Å². The largest absolute Gasteiger partial charge is 0.310 e. The predicted octanol–water partition coefficient (Wildman–Crippen LogP) is 12.8. The van der Waals surface area contributed by atoms with Crippen LogP contribution in [0.3, 0.4) is 0 Å². The van der Waals surface area contributed by atoms with Crippen LogP contribution < -0.4 is 4.90 Å². The van der Waals surface area contributed by atoms with Crippen molar-refractivity contribution in [2.45, 2.75) is 5.41 Å². The molecule has 54 heavy (non-hydrogen) atoms. The second-order valence-corrected chi connectivity index (χ2v) is 14.1. The van der Waals surface area contributed by atoms with Gasteiger partial charge in [-0.05, 0) is 87.0 Å². The van der Waals surface area contributed by atoms with Gasteiger partial charge in [0.25, 0.3) is 0 Å². The van der Waals surface area contributed by atoms with Gasteiger partial charge in [0.1, 0.15) is 0 Å². The highest BCUT2D eigenvalue weighted by Crippen LogP contribution is 2.63. The van der Waals surface area contributed by atoms with Gasteiger partial charge in [-0.25, -0.2) is 9.97 Å². The SMILES string of the molecule is c1ccc(-c2nc(-c3cccc(-c4ccc5c(c4)C4(c6ccccc6-5)c5ccccc5N(c5ccccc5)c5ccccc54)c3)c3ccccc3n2)cc1. The Morgan fingerprint density at radius 1 is 0.370 bits per heavy atom. The van der Waals surface area contributed by atoms with Crippen LogP contribution in [-0.4, -0.2) is 9.97 Å². The maximum atomic E-state index is 5.20. The number of hydrogen-bond donors (Lipinski definition) is 0. The van der Waals surface area contributed by atoms with E-state index in [0.29, 0.717) is 0 Å². The quantitative estimate of drug-likeness (QED) is 0.184. The van der Waals surface area contributed by atoms with E-state index in [1.165, 1.54) is 50.3 Å². The predicted molar refractivity (Wildman–Crippen MR) is 221 cm³/mol. The number of anilines is 3. The third kappa shape index (κ3) is 4.42. The minimum absolute atomic E-state index is 0.508. The first kappa shape index (κ1) is 30.5. The van der Waals surface area contributed by atoms with Crippen molar-refractivity contribution >= 4 is 28.0 Å². The molecule has 0 radical (unpaired) electrons. The van der Waals surface area contributed by atoms with E-state index < -0.39 is 5.41 Å². The van der Waals surface area contributed by atoms with Crippen molar-refractivity contribution in [2.75, 3.05) is 4.90 Å². The summed E-state index contributed by atoms with van der Waals surface area (Å²) in [4.78, 5) is 12.6. The van der Waals surface area contributed by atoms with Gasteiger partial charge in [-0.3, -0.25) is 0 Å². The standard InChI is InChI=1S/C51H33N3/c1-3-16-34(17-4-1)50-52-46-27-12-8-23-41(46)49(53-50)37-19-15-18-35(32-37)36-30-31-40-39-22-7-9-24-42(39)51(45(40)33-36)43-25-10-13-28-47(43)54(38-20-5-2-6-21-38)48-29-14-11-26-44(48)51/h1-33H. The van der Waals surface area contributed by atoms with Crippen molar-refractivity contribution in [1.82, 2.24) is 9.97 Å². The van der Waals surface area contributed by atoms with Gasteiger partial charge in [-0.1, -0.05) is 158 Å². The Morgan fingerprint density at radius 2 is 0.944 bits per heavy atom. The van der Waals surface area contributed by atoms with Crippen molar-refractivity contribution in [3.8, 4) is 44.9 Å². The fourth-order valence-corrected chi connectivity index (χ4v) is 9.00. The zero-order valence-electron chi connectivity index (χ0n) is 29.4. The van der Waals surface area contributed by atoms with Gasteiger partial charge in [-0.2, -0.15) is 0 Å². The number of rotatable bonds is 4. The molecule has 0 bridgehead atoms. The van der Waals surface area contributed by atoms with Crippen molar-refractivity contribution in [3.63, 3.8) is 0 Å². The van der Waals surface area contributed by atoms with E-state index in [4.69, 9.17) is 9.97 Å². The summed E-state index contributed by atoms with van der Waals surface area (Å²) in [6.45, 7) is 0. The molecule has 0 saturated heterocycles. The van der Waals surface area contributed by atoms with E-state index in [1.807, 2.05) is 24.3 Å². The summed E-state index contributed by atoms with van der Waals surface area (Å²) in [5, 5.41) is 1.04. The zero-order chi connectivity index (χ0) is 35.6. The van der Waals surface area contributed by atoms with Crippen LogP contribution in [0.4, 0.5) is 17.1 Å². The van der Waals surface area contributed by atoms with Crippen molar-refractivity contribution in [1.29, 1.82) is 0 Å². The minimum Gasteiger partial charge on any atom is -0.310 e. The van der Waals surface area contributed by atoms with E-state index in [0.717, 1.165) is 44.8 Å². The van der Waals surface area contributed by atoms with Crippen molar-refractivity contribution < 1.29 is 0 Å². The van der Waals surface area contributed by atoms with Gasteiger partial charge in [0.2, 0.25) is 0 Å². The highest BCUT2D eigenvalue weighted by molar-refractivity contribution is 5.97. The van der Waals surface area contributed by atoms with Crippen LogP contribution in [0.25, 0.3) is 55.8 Å². The molecular weight excluding hydrogens is 655 g/mol. The molecule has 2 aliphatic rings. The summed E-state index contributed by atoms with van der Waals surface area (Å²) in [6.07, 6.45) is 0. The first-order valence-electron chi connectivity index (χ1n) is 18.5. The molecule has 0 N–H and O–H groups in total. The van der Waals surface area contributed by atoms with E-state index >= 15 is 0 Å². The van der Waals surface area contributed by atoms with E-state index in [-0.39, 0.29) is 0 Å². The Kier molecular flexibility index (Phi) is 6.77. The van der Waals surface area contributed by atoms with E-state index in [1.54, 1.807) is 0 Å². The smallest absolute Gasteiger partial charge is 0.160 e. The van der Waals surface area contributed by atoms with Crippen LogP contribution in [-0.2, 0) is 5.41 Å². The minimum atomic E-state index is -0.508. The summed E-state index contributed by atoms with van der Waals surface area (Å²) in [7, 11) is 0. The van der Waals surface area contributed by atoms with Crippen LogP contribution in [0.5, 0.6) is 0 Å². The Hall–Kier alpha value is -7.10. The normalized spacial score (nSPS) is 13.3. The molecule has 3 heteroatoms. The molecule has 0 fully saturated rings. The molecule has 11 rings (SSSR count). The molecule has 9 aromatic rings. The molecule has 3 nitrogen and oxygen atoms in total. The molecule has 1 aliphatic carbocycles. The number of aromatic nitrogens is 2. The third-order valence-corrected chi connectivity index (χ3v) is 11.3. The van der Waals surface area contributed by atoms with Crippen LogP contribution in [0.1, 0.15) is 22.3 Å². The second kappa shape index (κ2) is 12.0. The lowest BCUT2D eigenvalue weighted by molar-refractivity contribution is 0.753. The molecule has 0 saturated carbocycles. The summed E-state index contributed by atoms with van der Waals surface area (Å²) < 4.78 is 0. The monoisotopic (exact) mass is 687 g/mol. The second-order valence-electron chi connectivity index (χ2n) is 14.1. The van der Waals surface area contributed by atoms with Crippen LogP contribution in [0.15, 0.2) is 200 Å². The summed E-state index contributed by atoms with van der Waals surface area (Å²) >= 11 is 0. The first-order chi connectivity index (χ1) is 26.8. The average molecular weight is 688 g/mol. The first-order valence-corrected chi connectivity index (χ1v) is 18.5. The number of nitrogens with zero attached hydrogens (tertiary/aromatic N) is 3. The molecule has 8 aromatic carbocycles. The number of fused-ring (bicyclic) bond motifs is 10. The van der Waals surface area contributed by atoms with Gasteiger partial charge < -0.3 is 4.90 Å². The lowest BCUT2D eigenvalue weighted by atomic mass is 9.64. The highest BCUT2D eigenvalue weighted by Gasteiger charge is 2.51. The van der Waals surface area contributed by atoms with Gasteiger partial charge in [0.05, 0.1) is 28.0 Å². The van der Waals surface area contributed by atoms with Crippen LogP contribution in [0, 0.1) is 0 Å². The molecule has 1 aromatic heterocycles. The number of para-hydroxylation sites is 4. The maximum absolute atomic E-state index is 5.20. The molecule has 0 unspecified atom stereocenters.